The molecule has 31 heavy (non-hydrogen) atoms. The Hall–Kier alpha value is -3.79. The molecule has 0 aliphatic heterocycles. The number of aromatic nitrogens is 4. The quantitative estimate of drug-likeness (QED) is 0.483. The number of hydrogen-bond donors (Lipinski definition) is 1. The number of nitrogens with one attached hydrogen (secondary N) is 1. The van der Waals surface area contributed by atoms with Crippen LogP contribution in [0.2, 0.25) is 0 Å². The van der Waals surface area contributed by atoms with Crippen LogP contribution >= 0.6 is 0 Å². The van der Waals surface area contributed by atoms with Crippen LogP contribution in [0, 0.1) is 17.1 Å². The van der Waals surface area contributed by atoms with Crippen LogP contribution in [0.3, 0.4) is 0 Å². The third kappa shape index (κ3) is 3.97. The van der Waals surface area contributed by atoms with Crippen molar-refractivity contribution in [2.24, 2.45) is 0 Å². The predicted octanol–water partition coefficient (Wildman–Crippen LogP) is 5.41. The lowest BCUT2D eigenvalue weighted by molar-refractivity contribution is 0.142. The molecule has 1 N–H and O–H groups in total. The summed E-state index contributed by atoms with van der Waals surface area (Å²) in [5.74, 6) is 0.0150. The second-order valence-electron chi connectivity index (χ2n) is 7.76. The second-order valence-corrected chi connectivity index (χ2v) is 7.76. The number of benzene rings is 2. The Morgan fingerprint density at radius 1 is 1.00 bits per heavy atom. The number of imidazole rings is 1. The van der Waals surface area contributed by atoms with Crippen LogP contribution < -0.4 is 4.74 Å². The first kappa shape index (κ1) is 19.2. The molecule has 1 aliphatic carbocycles. The van der Waals surface area contributed by atoms with E-state index >= 15 is 0 Å². The van der Waals surface area contributed by atoms with Gasteiger partial charge in [0.25, 0.3) is 0 Å². The molecule has 1 saturated carbocycles. The maximum absolute atomic E-state index is 14.9. The van der Waals surface area contributed by atoms with Crippen LogP contribution in [-0.4, -0.2) is 26.0 Å². The summed E-state index contributed by atoms with van der Waals surface area (Å²) in [5.41, 5.74) is 3.64. The Bertz CT molecular complexity index is 1270. The van der Waals surface area contributed by atoms with Crippen molar-refractivity contribution < 1.29 is 9.13 Å². The van der Waals surface area contributed by atoms with E-state index in [4.69, 9.17) is 10.00 Å². The molecule has 0 unspecified atom stereocenters. The molecule has 4 aromatic rings. The van der Waals surface area contributed by atoms with Gasteiger partial charge in [-0.15, -0.1) is 0 Å². The van der Waals surface area contributed by atoms with Gasteiger partial charge >= 0.3 is 6.01 Å². The Balaban J connectivity index is 1.37. The van der Waals surface area contributed by atoms with Gasteiger partial charge in [-0.3, -0.25) is 0 Å². The highest BCUT2D eigenvalue weighted by atomic mass is 19.1. The van der Waals surface area contributed by atoms with Crippen LogP contribution in [0.15, 0.2) is 48.8 Å². The van der Waals surface area contributed by atoms with E-state index in [9.17, 15) is 4.39 Å². The standard InChI is InChI=1S/C24H20FN5O/c25-20-11-16(17-13-27-24(28-14-17)31-18-4-2-1-3-5-18)7-8-19(20)23-29-21-9-6-15(12-26)10-22(21)30-23/h6-11,13-14,18H,1-5H2,(H,29,30). The predicted molar refractivity (Wildman–Crippen MR) is 115 cm³/mol. The fourth-order valence-corrected chi connectivity index (χ4v) is 3.95. The molecule has 2 aromatic heterocycles. The number of rotatable bonds is 4. The van der Waals surface area contributed by atoms with Gasteiger partial charge in [-0.25, -0.2) is 19.3 Å². The fourth-order valence-electron chi connectivity index (χ4n) is 3.95. The number of H-pyrrole nitrogens is 1. The van der Waals surface area contributed by atoms with Gasteiger partial charge in [0.05, 0.1) is 28.2 Å². The topological polar surface area (TPSA) is 87.5 Å². The number of ether oxygens (including phenoxy) is 1. The van der Waals surface area contributed by atoms with Crippen LogP contribution in [0.1, 0.15) is 37.7 Å². The van der Waals surface area contributed by atoms with E-state index in [1.807, 2.05) is 6.07 Å². The zero-order valence-corrected chi connectivity index (χ0v) is 16.8. The number of fused-ring (bicyclic) bond motifs is 1. The molecular formula is C24H20FN5O. The number of aromatic amines is 1. The van der Waals surface area contributed by atoms with Gasteiger partial charge in [-0.2, -0.15) is 5.26 Å². The molecule has 2 heterocycles. The van der Waals surface area contributed by atoms with Crippen LogP contribution in [0.5, 0.6) is 6.01 Å². The fraction of sp³-hybridized carbons (Fsp3) is 0.250. The van der Waals surface area contributed by atoms with Crippen molar-refractivity contribution in [2.45, 2.75) is 38.2 Å². The van der Waals surface area contributed by atoms with E-state index in [0.29, 0.717) is 45.1 Å². The molecule has 154 valence electrons. The summed E-state index contributed by atoms with van der Waals surface area (Å²) < 4.78 is 20.8. The normalized spacial score (nSPS) is 14.5. The van der Waals surface area contributed by atoms with Crippen molar-refractivity contribution in [1.82, 2.24) is 19.9 Å². The Kier molecular flexibility index (Phi) is 5.04. The van der Waals surface area contributed by atoms with E-state index < -0.39 is 5.82 Å². The highest BCUT2D eigenvalue weighted by Gasteiger charge is 2.16. The van der Waals surface area contributed by atoms with Gasteiger partial charge in [-0.1, -0.05) is 12.5 Å². The average molecular weight is 413 g/mol. The van der Waals surface area contributed by atoms with Gasteiger partial charge in [0.1, 0.15) is 17.7 Å². The molecule has 0 bridgehead atoms. The minimum absolute atomic E-state index is 0.185. The molecule has 1 fully saturated rings. The number of nitriles is 1. The number of hydrogen-bond acceptors (Lipinski definition) is 5. The lowest BCUT2D eigenvalue weighted by Gasteiger charge is -2.21. The molecule has 0 radical (unpaired) electrons. The first-order chi connectivity index (χ1) is 15.2. The lowest BCUT2D eigenvalue weighted by Crippen LogP contribution is -2.20. The van der Waals surface area contributed by atoms with E-state index in [1.54, 1.807) is 36.7 Å². The summed E-state index contributed by atoms with van der Waals surface area (Å²) in [4.78, 5) is 16.1. The van der Waals surface area contributed by atoms with Crippen molar-refractivity contribution in [2.75, 3.05) is 0 Å². The maximum atomic E-state index is 14.9. The Morgan fingerprint density at radius 3 is 2.55 bits per heavy atom. The van der Waals surface area contributed by atoms with Crippen molar-refractivity contribution >= 4 is 11.0 Å². The molecule has 5 rings (SSSR count). The summed E-state index contributed by atoms with van der Waals surface area (Å²) in [6, 6.07) is 12.5. The van der Waals surface area contributed by atoms with Crippen LogP contribution in [-0.2, 0) is 0 Å². The summed E-state index contributed by atoms with van der Waals surface area (Å²) in [5, 5.41) is 9.04. The Morgan fingerprint density at radius 2 is 1.81 bits per heavy atom. The van der Waals surface area contributed by atoms with Crippen LogP contribution in [0.4, 0.5) is 4.39 Å². The largest absolute Gasteiger partial charge is 0.460 e. The second kappa shape index (κ2) is 8.15. The average Bonchev–Trinajstić information content (AvgIpc) is 3.23. The molecule has 0 spiro atoms. The third-order valence-electron chi connectivity index (χ3n) is 5.62. The van der Waals surface area contributed by atoms with E-state index in [-0.39, 0.29) is 6.10 Å². The van der Waals surface area contributed by atoms with Gasteiger partial charge in [-0.05, 0) is 61.6 Å². The van der Waals surface area contributed by atoms with E-state index in [2.05, 4.69) is 26.0 Å². The molecule has 1 aliphatic rings. The first-order valence-corrected chi connectivity index (χ1v) is 10.4. The monoisotopic (exact) mass is 413 g/mol. The first-order valence-electron chi connectivity index (χ1n) is 10.4. The minimum Gasteiger partial charge on any atom is -0.460 e. The molecule has 2 aromatic carbocycles. The molecule has 0 atom stereocenters. The van der Waals surface area contributed by atoms with E-state index in [1.165, 1.54) is 25.3 Å². The highest BCUT2D eigenvalue weighted by Crippen LogP contribution is 2.28. The summed E-state index contributed by atoms with van der Waals surface area (Å²) in [6.45, 7) is 0. The summed E-state index contributed by atoms with van der Waals surface area (Å²) in [7, 11) is 0. The zero-order valence-electron chi connectivity index (χ0n) is 16.8. The zero-order chi connectivity index (χ0) is 21.2. The third-order valence-corrected chi connectivity index (χ3v) is 5.62. The molecule has 7 heteroatoms. The van der Waals surface area contributed by atoms with Crippen molar-refractivity contribution in [3.63, 3.8) is 0 Å². The van der Waals surface area contributed by atoms with Gasteiger partial charge < -0.3 is 9.72 Å². The maximum Gasteiger partial charge on any atom is 0.316 e. The molecule has 0 amide bonds. The highest BCUT2D eigenvalue weighted by molar-refractivity contribution is 5.81. The molecule has 0 saturated heterocycles. The SMILES string of the molecule is N#Cc1ccc2nc(-c3ccc(-c4cnc(OC5CCCCC5)nc4)cc3F)[nH]c2c1. The molecule has 6 nitrogen and oxygen atoms in total. The minimum atomic E-state index is -0.403. The number of halogens is 1. The van der Waals surface area contributed by atoms with Gasteiger partial charge in [0.2, 0.25) is 0 Å². The van der Waals surface area contributed by atoms with Crippen molar-refractivity contribution in [3.8, 4) is 34.6 Å². The molecular weight excluding hydrogens is 393 g/mol. The number of nitrogens with zero attached hydrogens (tertiary/aromatic N) is 4. The van der Waals surface area contributed by atoms with E-state index in [0.717, 1.165) is 12.8 Å². The smallest absolute Gasteiger partial charge is 0.316 e. The van der Waals surface area contributed by atoms with Crippen molar-refractivity contribution in [3.05, 3.63) is 60.2 Å². The van der Waals surface area contributed by atoms with Crippen LogP contribution in [0.25, 0.3) is 33.5 Å². The summed E-state index contributed by atoms with van der Waals surface area (Å²) >= 11 is 0. The summed E-state index contributed by atoms with van der Waals surface area (Å²) in [6.07, 6.45) is 9.20. The Labute approximate surface area is 178 Å². The lowest BCUT2D eigenvalue weighted by atomic mass is 9.98. The van der Waals surface area contributed by atoms with Gasteiger partial charge in [0.15, 0.2) is 0 Å². The van der Waals surface area contributed by atoms with Crippen molar-refractivity contribution in [1.29, 1.82) is 5.26 Å². The van der Waals surface area contributed by atoms with Gasteiger partial charge in [0, 0.05) is 18.0 Å².